The highest BCUT2D eigenvalue weighted by Crippen LogP contribution is 2.51. The summed E-state index contributed by atoms with van der Waals surface area (Å²) in [5.41, 5.74) is 0.182. The molecule has 1 N–H and O–H groups in total. The van der Waals surface area contributed by atoms with Crippen molar-refractivity contribution in [3.8, 4) is 0 Å². The summed E-state index contributed by atoms with van der Waals surface area (Å²) in [6.07, 6.45) is 2.43. The third-order valence-electron chi connectivity index (χ3n) is 4.02. The summed E-state index contributed by atoms with van der Waals surface area (Å²) >= 11 is 0. The zero-order chi connectivity index (χ0) is 12.6. The van der Waals surface area contributed by atoms with Gasteiger partial charge in [-0.3, -0.25) is 9.59 Å². The lowest BCUT2D eigenvalue weighted by atomic mass is 10.1. The molecule has 1 unspecified atom stereocenters. The highest BCUT2D eigenvalue weighted by Gasteiger charge is 2.51. The van der Waals surface area contributed by atoms with Crippen LogP contribution in [-0.2, 0) is 9.59 Å². The van der Waals surface area contributed by atoms with Gasteiger partial charge >= 0.3 is 0 Å². The number of hydrogen-bond donors (Lipinski definition) is 1. The molecular weight excluding hydrogens is 216 g/mol. The lowest BCUT2D eigenvalue weighted by Gasteiger charge is -2.16. The standard InChI is InChI=1S/C13H22N2O2/c1-4-11(16)15-6-5-9(8-15)14-12(17)10-7-13(10,2)3/h9-10H,4-8H2,1-3H3,(H,14,17)/t9?,10-/m1/s1. The molecule has 0 bridgehead atoms. The van der Waals surface area contributed by atoms with E-state index in [2.05, 4.69) is 19.2 Å². The zero-order valence-corrected chi connectivity index (χ0v) is 11.0. The van der Waals surface area contributed by atoms with Crippen LogP contribution in [0.3, 0.4) is 0 Å². The van der Waals surface area contributed by atoms with Gasteiger partial charge < -0.3 is 10.2 Å². The van der Waals surface area contributed by atoms with Crippen LogP contribution in [0.15, 0.2) is 0 Å². The largest absolute Gasteiger partial charge is 0.351 e. The monoisotopic (exact) mass is 238 g/mol. The first kappa shape index (κ1) is 12.4. The van der Waals surface area contributed by atoms with Crippen LogP contribution >= 0.6 is 0 Å². The van der Waals surface area contributed by atoms with Gasteiger partial charge in [0.25, 0.3) is 0 Å². The molecule has 1 saturated carbocycles. The number of amides is 2. The fourth-order valence-electron chi connectivity index (χ4n) is 2.54. The minimum atomic E-state index is 0.161. The first-order valence-electron chi connectivity index (χ1n) is 6.52. The maximum absolute atomic E-state index is 11.9. The molecule has 0 aromatic carbocycles. The van der Waals surface area contributed by atoms with Crippen molar-refractivity contribution in [1.29, 1.82) is 0 Å². The average molecular weight is 238 g/mol. The third-order valence-corrected chi connectivity index (χ3v) is 4.02. The second-order valence-electron chi connectivity index (χ2n) is 5.93. The van der Waals surface area contributed by atoms with Crippen LogP contribution in [0.4, 0.5) is 0 Å². The highest BCUT2D eigenvalue weighted by molar-refractivity contribution is 5.83. The van der Waals surface area contributed by atoms with Crippen LogP contribution in [0.2, 0.25) is 0 Å². The van der Waals surface area contributed by atoms with E-state index < -0.39 is 0 Å². The predicted octanol–water partition coefficient (Wildman–Crippen LogP) is 1.16. The number of likely N-dealkylation sites (tertiary alicyclic amines) is 1. The summed E-state index contributed by atoms with van der Waals surface area (Å²) in [4.78, 5) is 25.3. The van der Waals surface area contributed by atoms with Gasteiger partial charge in [-0.05, 0) is 18.3 Å². The molecule has 0 spiro atoms. The maximum atomic E-state index is 11.9. The Labute approximate surface area is 103 Å². The Bertz CT molecular complexity index is 338. The number of carbonyl (C=O) groups excluding carboxylic acids is 2. The van der Waals surface area contributed by atoms with Crippen LogP contribution in [-0.4, -0.2) is 35.8 Å². The highest BCUT2D eigenvalue weighted by atomic mass is 16.2. The van der Waals surface area contributed by atoms with Gasteiger partial charge in [0.15, 0.2) is 0 Å². The predicted molar refractivity (Wildman–Crippen MR) is 65.3 cm³/mol. The zero-order valence-electron chi connectivity index (χ0n) is 11.0. The Morgan fingerprint density at radius 3 is 2.59 bits per heavy atom. The summed E-state index contributed by atoms with van der Waals surface area (Å²) in [7, 11) is 0. The van der Waals surface area contributed by atoms with E-state index in [1.54, 1.807) is 0 Å². The van der Waals surface area contributed by atoms with E-state index in [1.807, 2.05) is 11.8 Å². The Kier molecular flexibility index (Phi) is 3.15. The van der Waals surface area contributed by atoms with Crippen LogP contribution < -0.4 is 5.32 Å². The number of carbonyl (C=O) groups is 2. The molecule has 2 amide bonds. The molecule has 1 saturated heterocycles. The van der Waals surface area contributed by atoms with Crippen molar-refractivity contribution in [3.05, 3.63) is 0 Å². The Morgan fingerprint density at radius 2 is 2.06 bits per heavy atom. The van der Waals surface area contributed by atoms with Crippen molar-refractivity contribution < 1.29 is 9.59 Å². The van der Waals surface area contributed by atoms with Gasteiger partial charge in [-0.1, -0.05) is 20.8 Å². The van der Waals surface area contributed by atoms with Gasteiger partial charge in [-0.2, -0.15) is 0 Å². The van der Waals surface area contributed by atoms with E-state index in [0.29, 0.717) is 13.0 Å². The number of nitrogens with one attached hydrogen (secondary N) is 1. The van der Waals surface area contributed by atoms with E-state index in [-0.39, 0.29) is 29.2 Å². The minimum Gasteiger partial charge on any atom is -0.351 e. The molecule has 1 aliphatic carbocycles. The summed E-state index contributed by atoms with van der Waals surface area (Å²) < 4.78 is 0. The number of hydrogen-bond acceptors (Lipinski definition) is 2. The molecular formula is C13H22N2O2. The van der Waals surface area contributed by atoms with Gasteiger partial charge in [0, 0.05) is 31.5 Å². The van der Waals surface area contributed by atoms with Crippen molar-refractivity contribution in [2.45, 2.75) is 46.1 Å². The first-order valence-corrected chi connectivity index (χ1v) is 6.52. The van der Waals surface area contributed by atoms with Crippen LogP contribution in [0, 0.1) is 11.3 Å². The summed E-state index contributed by atoms with van der Waals surface area (Å²) in [6, 6.07) is 0.161. The molecule has 0 aromatic rings. The maximum Gasteiger partial charge on any atom is 0.223 e. The second-order valence-corrected chi connectivity index (χ2v) is 5.93. The molecule has 96 valence electrons. The van der Waals surface area contributed by atoms with Gasteiger partial charge in [0.05, 0.1) is 0 Å². The summed E-state index contributed by atoms with van der Waals surface area (Å²) in [5, 5.41) is 3.07. The smallest absolute Gasteiger partial charge is 0.223 e. The molecule has 1 heterocycles. The molecule has 2 rings (SSSR count). The van der Waals surface area contributed by atoms with E-state index >= 15 is 0 Å². The van der Waals surface area contributed by atoms with Crippen molar-refractivity contribution >= 4 is 11.8 Å². The van der Waals surface area contributed by atoms with Crippen molar-refractivity contribution in [2.75, 3.05) is 13.1 Å². The van der Waals surface area contributed by atoms with Crippen molar-refractivity contribution in [3.63, 3.8) is 0 Å². The normalized spacial score (nSPS) is 30.2. The summed E-state index contributed by atoms with van der Waals surface area (Å²) in [6.45, 7) is 7.59. The second kappa shape index (κ2) is 4.31. The van der Waals surface area contributed by atoms with Gasteiger partial charge in [0.2, 0.25) is 11.8 Å². The number of nitrogens with zero attached hydrogens (tertiary/aromatic N) is 1. The molecule has 2 aliphatic rings. The lowest BCUT2D eigenvalue weighted by molar-refractivity contribution is -0.130. The Hall–Kier alpha value is -1.06. The molecule has 4 nitrogen and oxygen atoms in total. The van der Waals surface area contributed by atoms with E-state index in [4.69, 9.17) is 0 Å². The fraction of sp³-hybridized carbons (Fsp3) is 0.846. The molecule has 2 atom stereocenters. The van der Waals surface area contributed by atoms with Crippen molar-refractivity contribution in [2.24, 2.45) is 11.3 Å². The average Bonchev–Trinajstić information content (AvgIpc) is 2.72. The lowest BCUT2D eigenvalue weighted by Crippen LogP contribution is -2.39. The molecule has 2 fully saturated rings. The minimum absolute atomic E-state index is 0.161. The third kappa shape index (κ3) is 2.61. The van der Waals surface area contributed by atoms with Crippen LogP contribution in [0.25, 0.3) is 0 Å². The molecule has 17 heavy (non-hydrogen) atoms. The van der Waals surface area contributed by atoms with E-state index in [1.165, 1.54) is 0 Å². The fourth-order valence-corrected chi connectivity index (χ4v) is 2.54. The van der Waals surface area contributed by atoms with Crippen LogP contribution in [0.1, 0.15) is 40.0 Å². The van der Waals surface area contributed by atoms with Gasteiger partial charge in [-0.15, -0.1) is 0 Å². The number of rotatable bonds is 3. The molecule has 0 radical (unpaired) electrons. The van der Waals surface area contributed by atoms with E-state index in [0.717, 1.165) is 19.4 Å². The van der Waals surface area contributed by atoms with Gasteiger partial charge in [0.1, 0.15) is 0 Å². The Balaban J connectivity index is 1.78. The Morgan fingerprint density at radius 1 is 1.41 bits per heavy atom. The quantitative estimate of drug-likeness (QED) is 0.802. The van der Waals surface area contributed by atoms with E-state index in [9.17, 15) is 9.59 Å². The van der Waals surface area contributed by atoms with Crippen molar-refractivity contribution in [1.82, 2.24) is 10.2 Å². The molecule has 4 heteroatoms. The van der Waals surface area contributed by atoms with Gasteiger partial charge in [-0.25, -0.2) is 0 Å². The topological polar surface area (TPSA) is 49.4 Å². The van der Waals surface area contributed by atoms with Crippen LogP contribution in [0.5, 0.6) is 0 Å². The first-order chi connectivity index (χ1) is 7.94. The molecule has 1 aliphatic heterocycles. The molecule has 0 aromatic heterocycles. The summed E-state index contributed by atoms with van der Waals surface area (Å²) in [5.74, 6) is 0.540. The SMILES string of the molecule is CCC(=O)N1CCC(NC(=O)[C@H]2CC2(C)C)C1.